The molecule has 0 saturated heterocycles. The first-order valence-electron chi connectivity index (χ1n) is 6.25. The standard InChI is InChI=1S/C16H15FN2/c1-2-5-11(10-18)16(19)14-8-9-15(17)13-7-4-3-6-12(13)14/h3-4,6-9H,2,5,19H2,1H3/b16-11-. The van der Waals surface area contributed by atoms with Crippen LogP contribution in [0.1, 0.15) is 25.3 Å². The fourth-order valence-electron chi connectivity index (χ4n) is 2.16. The van der Waals surface area contributed by atoms with E-state index in [0.717, 1.165) is 17.4 Å². The summed E-state index contributed by atoms with van der Waals surface area (Å²) >= 11 is 0. The Bertz CT molecular complexity index is 681. The topological polar surface area (TPSA) is 49.8 Å². The maximum atomic E-state index is 13.7. The lowest BCUT2D eigenvalue weighted by atomic mass is 9.98. The molecule has 0 unspecified atom stereocenters. The molecule has 0 aromatic heterocycles. The van der Waals surface area contributed by atoms with Gasteiger partial charge in [0.1, 0.15) is 5.82 Å². The number of fused-ring (bicyclic) bond motifs is 1. The zero-order valence-electron chi connectivity index (χ0n) is 10.8. The molecular formula is C16H15FN2. The Labute approximate surface area is 112 Å². The van der Waals surface area contributed by atoms with Gasteiger partial charge in [0.25, 0.3) is 0 Å². The predicted octanol–water partition coefficient (Wildman–Crippen LogP) is 3.97. The summed E-state index contributed by atoms with van der Waals surface area (Å²) in [5.41, 5.74) is 7.81. The Balaban J connectivity index is 2.70. The minimum atomic E-state index is -0.277. The average molecular weight is 254 g/mol. The minimum absolute atomic E-state index is 0.277. The molecule has 2 aromatic rings. The number of nitriles is 1. The molecule has 0 radical (unpaired) electrons. The number of halogens is 1. The molecule has 2 rings (SSSR count). The summed E-state index contributed by atoms with van der Waals surface area (Å²) < 4.78 is 13.7. The summed E-state index contributed by atoms with van der Waals surface area (Å²) in [5.74, 6) is -0.277. The van der Waals surface area contributed by atoms with Crippen LogP contribution in [0, 0.1) is 17.1 Å². The third-order valence-corrected chi connectivity index (χ3v) is 3.12. The fourth-order valence-corrected chi connectivity index (χ4v) is 2.16. The van der Waals surface area contributed by atoms with Gasteiger partial charge in [-0.25, -0.2) is 4.39 Å². The molecular weight excluding hydrogens is 239 g/mol. The quantitative estimate of drug-likeness (QED) is 0.842. The Morgan fingerprint density at radius 2 is 1.89 bits per heavy atom. The van der Waals surface area contributed by atoms with E-state index in [1.54, 1.807) is 18.2 Å². The molecule has 2 N–H and O–H groups in total. The van der Waals surface area contributed by atoms with E-state index in [0.29, 0.717) is 23.1 Å². The van der Waals surface area contributed by atoms with Crippen molar-refractivity contribution in [1.29, 1.82) is 5.26 Å². The Hall–Kier alpha value is -2.34. The van der Waals surface area contributed by atoms with Gasteiger partial charge in [0.2, 0.25) is 0 Å². The van der Waals surface area contributed by atoms with Crippen LogP contribution in [0.5, 0.6) is 0 Å². The van der Waals surface area contributed by atoms with Crippen molar-refractivity contribution in [3.63, 3.8) is 0 Å². The lowest BCUT2D eigenvalue weighted by molar-refractivity contribution is 0.640. The van der Waals surface area contributed by atoms with E-state index in [9.17, 15) is 4.39 Å². The van der Waals surface area contributed by atoms with Gasteiger partial charge >= 0.3 is 0 Å². The molecule has 0 saturated carbocycles. The molecule has 2 aromatic carbocycles. The van der Waals surface area contributed by atoms with Crippen molar-refractivity contribution >= 4 is 16.5 Å². The largest absolute Gasteiger partial charge is 0.397 e. The first-order chi connectivity index (χ1) is 9.19. The van der Waals surface area contributed by atoms with Gasteiger partial charge in [-0.2, -0.15) is 5.26 Å². The van der Waals surface area contributed by atoms with Crippen LogP contribution >= 0.6 is 0 Å². The second kappa shape index (κ2) is 5.53. The van der Waals surface area contributed by atoms with Crippen molar-refractivity contribution in [2.75, 3.05) is 0 Å². The number of allylic oxidation sites excluding steroid dienone is 1. The molecule has 0 aliphatic heterocycles. The van der Waals surface area contributed by atoms with E-state index < -0.39 is 0 Å². The van der Waals surface area contributed by atoms with Gasteiger partial charge in [0.15, 0.2) is 0 Å². The van der Waals surface area contributed by atoms with Crippen molar-refractivity contribution in [2.24, 2.45) is 5.73 Å². The maximum Gasteiger partial charge on any atom is 0.131 e. The number of nitrogens with two attached hydrogens (primary N) is 1. The summed E-state index contributed by atoms with van der Waals surface area (Å²) in [5, 5.41) is 10.4. The van der Waals surface area contributed by atoms with E-state index in [4.69, 9.17) is 11.0 Å². The van der Waals surface area contributed by atoms with Gasteiger partial charge in [-0.15, -0.1) is 0 Å². The Morgan fingerprint density at radius 1 is 1.21 bits per heavy atom. The average Bonchev–Trinajstić information content (AvgIpc) is 2.45. The number of benzene rings is 2. The molecule has 0 atom stereocenters. The van der Waals surface area contributed by atoms with E-state index >= 15 is 0 Å². The molecule has 2 nitrogen and oxygen atoms in total. The number of hydrogen-bond acceptors (Lipinski definition) is 2. The zero-order chi connectivity index (χ0) is 13.8. The highest BCUT2D eigenvalue weighted by Crippen LogP contribution is 2.27. The second-order valence-electron chi connectivity index (χ2n) is 4.39. The lowest BCUT2D eigenvalue weighted by Gasteiger charge is -2.09. The second-order valence-corrected chi connectivity index (χ2v) is 4.39. The highest BCUT2D eigenvalue weighted by Gasteiger charge is 2.10. The van der Waals surface area contributed by atoms with Gasteiger partial charge in [-0.1, -0.05) is 37.6 Å². The van der Waals surface area contributed by atoms with Crippen molar-refractivity contribution in [2.45, 2.75) is 19.8 Å². The normalized spacial score (nSPS) is 12.1. The van der Waals surface area contributed by atoms with E-state index in [2.05, 4.69) is 6.07 Å². The van der Waals surface area contributed by atoms with Crippen LogP contribution in [0.15, 0.2) is 42.0 Å². The summed E-state index contributed by atoms with van der Waals surface area (Å²) in [7, 11) is 0. The maximum absolute atomic E-state index is 13.7. The molecule has 0 spiro atoms. The van der Waals surface area contributed by atoms with E-state index in [1.807, 2.05) is 19.1 Å². The van der Waals surface area contributed by atoms with Crippen LogP contribution in [0.25, 0.3) is 16.5 Å². The summed E-state index contributed by atoms with van der Waals surface area (Å²) in [4.78, 5) is 0. The Kier molecular flexibility index (Phi) is 3.82. The molecule has 0 aliphatic carbocycles. The van der Waals surface area contributed by atoms with Crippen LogP contribution in [-0.2, 0) is 0 Å². The van der Waals surface area contributed by atoms with Gasteiger partial charge in [-0.3, -0.25) is 0 Å². The number of rotatable bonds is 3. The monoisotopic (exact) mass is 254 g/mol. The third kappa shape index (κ3) is 2.43. The van der Waals surface area contributed by atoms with Crippen molar-refractivity contribution in [3.8, 4) is 6.07 Å². The highest BCUT2D eigenvalue weighted by molar-refractivity contribution is 5.94. The van der Waals surface area contributed by atoms with Crippen molar-refractivity contribution < 1.29 is 4.39 Å². The van der Waals surface area contributed by atoms with Crippen LogP contribution in [0.2, 0.25) is 0 Å². The highest BCUT2D eigenvalue weighted by atomic mass is 19.1. The molecule has 3 heteroatoms. The first kappa shape index (κ1) is 13.1. The molecule has 0 heterocycles. The van der Waals surface area contributed by atoms with Crippen molar-refractivity contribution in [1.82, 2.24) is 0 Å². The summed E-state index contributed by atoms with van der Waals surface area (Å²) in [6.07, 6.45) is 1.48. The van der Waals surface area contributed by atoms with E-state index in [-0.39, 0.29) is 5.82 Å². The van der Waals surface area contributed by atoms with Gasteiger partial charge in [-0.05, 0) is 23.9 Å². The summed E-state index contributed by atoms with van der Waals surface area (Å²) in [6, 6.07) is 12.3. The molecule has 0 bridgehead atoms. The SMILES string of the molecule is CCC/C(C#N)=C(/N)c1ccc(F)c2ccccc12. The molecule has 96 valence electrons. The van der Waals surface area contributed by atoms with Crippen LogP contribution in [-0.4, -0.2) is 0 Å². The van der Waals surface area contributed by atoms with Crippen LogP contribution in [0.4, 0.5) is 4.39 Å². The van der Waals surface area contributed by atoms with Gasteiger partial charge < -0.3 is 5.73 Å². The van der Waals surface area contributed by atoms with Crippen LogP contribution in [0.3, 0.4) is 0 Å². The van der Waals surface area contributed by atoms with Gasteiger partial charge in [0.05, 0.1) is 17.3 Å². The van der Waals surface area contributed by atoms with Crippen LogP contribution < -0.4 is 5.73 Å². The Morgan fingerprint density at radius 3 is 2.53 bits per heavy atom. The minimum Gasteiger partial charge on any atom is -0.397 e. The van der Waals surface area contributed by atoms with E-state index in [1.165, 1.54) is 6.07 Å². The first-order valence-corrected chi connectivity index (χ1v) is 6.25. The summed E-state index contributed by atoms with van der Waals surface area (Å²) in [6.45, 7) is 1.99. The predicted molar refractivity (Wildman–Crippen MR) is 75.5 cm³/mol. The molecule has 0 amide bonds. The lowest BCUT2D eigenvalue weighted by Crippen LogP contribution is -2.02. The third-order valence-electron chi connectivity index (χ3n) is 3.12. The smallest absolute Gasteiger partial charge is 0.131 e. The van der Waals surface area contributed by atoms with Gasteiger partial charge in [0, 0.05) is 10.9 Å². The van der Waals surface area contributed by atoms with Crippen molar-refractivity contribution in [3.05, 3.63) is 53.4 Å². The molecule has 0 fully saturated rings. The molecule has 0 aliphatic rings. The number of nitrogens with zero attached hydrogens (tertiary/aromatic N) is 1. The zero-order valence-corrected chi connectivity index (χ0v) is 10.8. The fraction of sp³-hybridized carbons (Fsp3) is 0.188. The molecule has 19 heavy (non-hydrogen) atoms. The number of hydrogen-bond donors (Lipinski definition) is 1.